The van der Waals surface area contributed by atoms with Crippen molar-refractivity contribution in [2.45, 2.75) is 51.1 Å². The number of aryl methyl sites for hydroxylation is 1. The first-order chi connectivity index (χ1) is 8.90. The molecule has 1 fully saturated rings. The van der Waals surface area contributed by atoms with Crippen molar-refractivity contribution in [2.24, 2.45) is 5.92 Å². The van der Waals surface area contributed by atoms with E-state index in [1.54, 1.807) is 13.8 Å². The lowest BCUT2D eigenvalue weighted by molar-refractivity contribution is 0.267. The monoisotopic (exact) mass is 287 g/mol. The molecule has 1 aromatic heterocycles. The number of nitrogens with zero attached hydrogens (tertiary/aromatic N) is 2. The molecule has 1 aromatic rings. The quantitative estimate of drug-likeness (QED) is 0.801. The molecule has 1 saturated carbocycles. The average Bonchev–Trinajstić information content (AvgIpc) is 2.98. The number of aliphatic hydroxyl groups excluding tert-OH is 1. The molecule has 19 heavy (non-hydrogen) atoms. The minimum atomic E-state index is -3.51. The molecule has 0 bridgehead atoms. The summed E-state index contributed by atoms with van der Waals surface area (Å²) >= 11 is 0. The second-order valence-corrected chi connectivity index (χ2v) is 6.73. The van der Waals surface area contributed by atoms with Gasteiger partial charge < -0.3 is 5.11 Å². The summed E-state index contributed by atoms with van der Waals surface area (Å²) in [5.74, 6) is 0.461. The zero-order valence-electron chi connectivity index (χ0n) is 11.5. The van der Waals surface area contributed by atoms with E-state index in [-0.39, 0.29) is 17.5 Å². The fraction of sp³-hybridized carbons (Fsp3) is 0.750. The molecule has 2 unspecified atom stereocenters. The minimum absolute atomic E-state index is 0.0601. The van der Waals surface area contributed by atoms with Crippen LogP contribution < -0.4 is 4.72 Å². The van der Waals surface area contributed by atoms with Crippen LogP contribution >= 0.6 is 0 Å². The maximum absolute atomic E-state index is 12.4. The first-order valence-electron chi connectivity index (χ1n) is 6.58. The second kappa shape index (κ2) is 5.22. The highest BCUT2D eigenvalue weighted by molar-refractivity contribution is 7.89. The summed E-state index contributed by atoms with van der Waals surface area (Å²) in [6, 6.07) is 0.0648. The second-order valence-electron chi connectivity index (χ2n) is 5.08. The summed E-state index contributed by atoms with van der Waals surface area (Å²) in [5.41, 5.74) is 1.06. The van der Waals surface area contributed by atoms with E-state index in [0.717, 1.165) is 12.8 Å². The first-order valence-corrected chi connectivity index (χ1v) is 8.06. The molecular weight excluding hydrogens is 266 g/mol. The molecular formula is C12H21N3O3S. The first kappa shape index (κ1) is 14.5. The summed E-state index contributed by atoms with van der Waals surface area (Å²) in [5, 5.41) is 13.1. The van der Waals surface area contributed by atoms with Crippen LogP contribution in [0.25, 0.3) is 0 Å². The van der Waals surface area contributed by atoms with Gasteiger partial charge in [-0.1, -0.05) is 13.3 Å². The van der Waals surface area contributed by atoms with Gasteiger partial charge in [-0.25, -0.2) is 13.1 Å². The maximum atomic E-state index is 12.4. The van der Waals surface area contributed by atoms with Crippen molar-refractivity contribution in [1.82, 2.24) is 14.5 Å². The van der Waals surface area contributed by atoms with E-state index in [1.165, 1.54) is 4.68 Å². The predicted octanol–water partition coefficient (Wildman–Crippen LogP) is 0.569. The fourth-order valence-electron chi connectivity index (χ4n) is 2.48. The van der Waals surface area contributed by atoms with Crippen LogP contribution in [0, 0.1) is 19.8 Å². The number of hydrogen-bond acceptors (Lipinski definition) is 4. The van der Waals surface area contributed by atoms with Crippen LogP contribution in [0.4, 0.5) is 0 Å². The predicted molar refractivity (Wildman–Crippen MR) is 71.3 cm³/mol. The summed E-state index contributed by atoms with van der Waals surface area (Å²) < 4.78 is 29.0. The Balaban J connectivity index is 2.25. The number of hydrogen-bond donors (Lipinski definition) is 2. The fourth-order valence-corrected chi connectivity index (χ4v) is 4.21. The van der Waals surface area contributed by atoms with Crippen molar-refractivity contribution in [3.63, 3.8) is 0 Å². The van der Waals surface area contributed by atoms with Crippen LogP contribution in [-0.4, -0.2) is 36.0 Å². The van der Waals surface area contributed by atoms with Crippen molar-refractivity contribution in [1.29, 1.82) is 0 Å². The Labute approximate surface area is 113 Å². The Kier molecular flexibility index (Phi) is 3.98. The topological polar surface area (TPSA) is 84.2 Å². The highest BCUT2D eigenvalue weighted by Gasteiger charge is 2.39. The lowest BCUT2D eigenvalue weighted by atomic mass is 10.3. The molecule has 1 aliphatic rings. The van der Waals surface area contributed by atoms with Gasteiger partial charge in [0, 0.05) is 6.04 Å². The van der Waals surface area contributed by atoms with Gasteiger partial charge in [-0.2, -0.15) is 5.10 Å². The lowest BCUT2D eigenvalue weighted by Crippen LogP contribution is -2.28. The maximum Gasteiger partial charge on any atom is 0.244 e. The van der Waals surface area contributed by atoms with E-state index in [1.807, 2.05) is 0 Å². The molecule has 0 radical (unpaired) electrons. The van der Waals surface area contributed by atoms with Crippen LogP contribution in [0.15, 0.2) is 4.90 Å². The van der Waals surface area contributed by atoms with Crippen molar-refractivity contribution in [2.75, 3.05) is 6.61 Å². The Bertz CT molecular complexity index is 565. The van der Waals surface area contributed by atoms with Gasteiger partial charge in [0.2, 0.25) is 10.0 Å². The summed E-state index contributed by atoms with van der Waals surface area (Å²) in [6.45, 7) is 5.71. The van der Waals surface area contributed by atoms with Crippen molar-refractivity contribution in [3.8, 4) is 0 Å². The standard InChI is InChI=1S/C12H21N3O3S/c1-4-10-7-11(10)14-19(17,18)12-8(2)13-15(5-6-16)9(12)3/h10-11,14,16H,4-7H2,1-3H3. The van der Waals surface area contributed by atoms with E-state index in [2.05, 4.69) is 16.7 Å². The molecule has 0 saturated heterocycles. The highest BCUT2D eigenvalue weighted by Crippen LogP contribution is 2.35. The van der Waals surface area contributed by atoms with E-state index >= 15 is 0 Å². The van der Waals surface area contributed by atoms with Gasteiger partial charge in [-0.05, 0) is 26.2 Å². The van der Waals surface area contributed by atoms with Gasteiger partial charge >= 0.3 is 0 Å². The molecule has 0 spiro atoms. The lowest BCUT2D eigenvalue weighted by Gasteiger charge is -2.07. The van der Waals surface area contributed by atoms with E-state index in [9.17, 15) is 8.42 Å². The number of aromatic nitrogens is 2. The summed E-state index contributed by atoms with van der Waals surface area (Å²) in [7, 11) is -3.51. The van der Waals surface area contributed by atoms with Crippen LogP contribution in [0.2, 0.25) is 0 Å². The SMILES string of the molecule is CCC1CC1NS(=O)(=O)c1c(C)nn(CCO)c1C. The number of rotatable bonds is 6. The third-order valence-corrected chi connectivity index (χ3v) is 5.39. The molecule has 6 nitrogen and oxygen atoms in total. The van der Waals surface area contributed by atoms with Gasteiger partial charge in [-0.15, -0.1) is 0 Å². The third-order valence-electron chi connectivity index (χ3n) is 3.65. The minimum Gasteiger partial charge on any atom is -0.394 e. The summed E-state index contributed by atoms with van der Waals surface area (Å²) in [6.07, 6.45) is 1.91. The van der Waals surface area contributed by atoms with Gasteiger partial charge in [0.05, 0.1) is 24.5 Å². The number of sulfonamides is 1. The molecule has 2 atom stereocenters. The Morgan fingerprint density at radius 3 is 2.68 bits per heavy atom. The zero-order chi connectivity index (χ0) is 14.2. The molecule has 7 heteroatoms. The zero-order valence-corrected chi connectivity index (χ0v) is 12.4. The summed E-state index contributed by atoms with van der Waals surface area (Å²) in [4.78, 5) is 0.253. The van der Waals surface area contributed by atoms with Crippen molar-refractivity contribution >= 4 is 10.0 Å². The Morgan fingerprint density at radius 2 is 2.16 bits per heavy atom. The number of nitrogens with one attached hydrogen (secondary N) is 1. The van der Waals surface area contributed by atoms with E-state index < -0.39 is 10.0 Å². The molecule has 0 aliphatic heterocycles. The molecule has 0 amide bonds. The Morgan fingerprint density at radius 1 is 1.47 bits per heavy atom. The van der Waals surface area contributed by atoms with Crippen molar-refractivity contribution in [3.05, 3.63) is 11.4 Å². The van der Waals surface area contributed by atoms with Gasteiger partial charge in [0.15, 0.2) is 0 Å². The van der Waals surface area contributed by atoms with Crippen LogP contribution in [0.3, 0.4) is 0 Å². The molecule has 0 aromatic carbocycles. The number of aliphatic hydroxyl groups is 1. The normalized spacial score (nSPS) is 22.7. The van der Waals surface area contributed by atoms with Gasteiger partial charge in [-0.3, -0.25) is 4.68 Å². The van der Waals surface area contributed by atoms with Gasteiger partial charge in [0.25, 0.3) is 0 Å². The Hall–Kier alpha value is -0.920. The average molecular weight is 287 g/mol. The van der Waals surface area contributed by atoms with Crippen molar-refractivity contribution < 1.29 is 13.5 Å². The van der Waals surface area contributed by atoms with E-state index in [4.69, 9.17) is 5.11 Å². The molecule has 108 valence electrons. The van der Waals surface area contributed by atoms with Gasteiger partial charge in [0.1, 0.15) is 4.90 Å². The van der Waals surface area contributed by atoms with Crippen LogP contribution in [0.1, 0.15) is 31.2 Å². The smallest absolute Gasteiger partial charge is 0.244 e. The highest BCUT2D eigenvalue weighted by atomic mass is 32.2. The van der Waals surface area contributed by atoms with E-state index in [0.29, 0.717) is 23.9 Å². The van der Waals surface area contributed by atoms with Crippen LogP contribution in [0.5, 0.6) is 0 Å². The third kappa shape index (κ3) is 2.82. The molecule has 1 heterocycles. The molecule has 2 rings (SSSR count). The molecule has 2 N–H and O–H groups in total. The largest absolute Gasteiger partial charge is 0.394 e. The van der Waals surface area contributed by atoms with Crippen LogP contribution in [-0.2, 0) is 16.6 Å². The molecule has 1 aliphatic carbocycles.